The molecule has 1 aliphatic rings. The maximum atomic E-state index is 2.36. The first-order chi connectivity index (χ1) is 10.2. The van der Waals surface area contributed by atoms with Crippen molar-refractivity contribution in [3.63, 3.8) is 0 Å². The SMILES string of the molecule is CCCC(CCC)CC1CCC(c2ccc(C)cc2)CC1. The highest BCUT2D eigenvalue weighted by Crippen LogP contribution is 2.39. The van der Waals surface area contributed by atoms with E-state index in [0.29, 0.717) is 0 Å². The molecule has 2 rings (SSSR count). The molecule has 0 aliphatic heterocycles. The molecule has 0 amide bonds. The number of hydrogen-bond acceptors (Lipinski definition) is 0. The minimum Gasteiger partial charge on any atom is -0.0654 e. The standard InChI is InChI=1S/C21H34/c1-4-6-18(7-5-2)16-19-10-14-21(15-11-19)20-12-8-17(3)9-13-20/h8-9,12-13,18-19,21H,4-7,10-11,14-16H2,1-3H3. The Morgan fingerprint density at radius 1 is 0.905 bits per heavy atom. The molecule has 0 aromatic heterocycles. The summed E-state index contributed by atoms with van der Waals surface area (Å²) in [6.07, 6.45) is 12.9. The van der Waals surface area contributed by atoms with Crippen LogP contribution in [0.3, 0.4) is 0 Å². The minimum absolute atomic E-state index is 0.831. The van der Waals surface area contributed by atoms with Crippen LogP contribution in [0.2, 0.25) is 0 Å². The Morgan fingerprint density at radius 2 is 1.48 bits per heavy atom. The molecule has 0 saturated heterocycles. The van der Waals surface area contributed by atoms with Crippen molar-refractivity contribution in [2.75, 3.05) is 0 Å². The lowest BCUT2D eigenvalue weighted by Crippen LogP contribution is -2.16. The van der Waals surface area contributed by atoms with Gasteiger partial charge >= 0.3 is 0 Å². The van der Waals surface area contributed by atoms with Gasteiger partial charge in [-0.3, -0.25) is 0 Å². The zero-order valence-corrected chi connectivity index (χ0v) is 14.4. The van der Waals surface area contributed by atoms with Crippen molar-refractivity contribution in [3.8, 4) is 0 Å². The summed E-state index contributed by atoms with van der Waals surface area (Å²) in [5.41, 5.74) is 2.96. The van der Waals surface area contributed by atoms with Crippen LogP contribution in [0.1, 0.15) is 88.7 Å². The molecule has 0 radical (unpaired) electrons. The fraction of sp³-hybridized carbons (Fsp3) is 0.714. The van der Waals surface area contributed by atoms with Crippen molar-refractivity contribution in [1.29, 1.82) is 0 Å². The van der Waals surface area contributed by atoms with Gasteiger partial charge in [0.25, 0.3) is 0 Å². The molecule has 1 aliphatic carbocycles. The van der Waals surface area contributed by atoms with Crippen molar-refractivity contribution in [2.24, 2.45) is 11.8 Å². The molecule has 1 saturated carbocycles. The molecule has 0 N–H and O–H groups in total. The van der Waals surface area contributed by atoms with Crippen LogP contribution in [0.5, 0.6) is 0 Å². The second kappa shape index (κ2) is 8.61. The monoisotopic (exact) mass is 286 g/mol. The maximum absolute atomic E-state index is 2.36. The average Bonchev–Trinajstić information content (AvgIpc) is 2.49. The van der Waals surface area contributed by atoms with Crippen molar-refractivity contribution in [3.05, 3.63) is 35.4 Å². The van der Waals surface area contributed by atoms with E-state index in [1.54, 1.807) is 5.56 Å². The van der Waals surface area contributed by atoms with Gasteiger partial charge in [-0.15, -0.1) is 0 Å². The van der Waals surface area contributed by atoms with Gasteiger partial charge in [0.1, 0.15) is 0 Å². The van der Waals surface area contributed by atoms with Gasteiger partial charge in [-0.1, -0.05) is 69.4 Å². The summed E-state index contributed by atoms with van der Waals surface area (Å²) >= 11 is 0. The molecule has 1 aromatic carbocycles. The van der Waals surface area contributed by atoms with Crippen molar-refractivity contribution < 1.29 is 0 Å². The lowest BCUT2D eigenvalue weighted by molar-refractivity contribution is 0.253. The van der Waals surface area contributed by atoms with E-state index in [-0.39, 0.29) is 0 Å². The van der Waals surface area contributed by atoms with Crippen LogP contribution < -0.4 is 0 Å². The van der Waals surface area contributed by atoms with Gasteiger partial charge in [-0.25, -0.2) is 0 Å². The van der Waals surface area contributed by atoms with E-state index in [1.165, 1.54) is 63.4 Å². The third-order valence-corrected chi connectivity index (χ3v) is 5.46. The number of hydrogen-bond donors (Lipinski definition) is 0. The van der Waals surface area contributed by atoms with Gasteiger partial charge in [0.15, 0.2) is 0 Å². The van der Waals surface area contributed by atoms with Crippen LogP contribution in [-0.4, -0.2) is 0 Å². The molecule has 0 atom stereocenters. The second-order valence-electron chi connectivity index (χ2n) is 7.31. The van der Waals surface area contributed by atoms with Gasteiger partial charge in [0, 0.05) is 0 Å². The van der Waals surface area contributed by atoms with Crippen molar-refractivity contribution in [2.45, 2.75) is 84.5 Å². The predicted octanol–water partition coefficient (Wildman–Crippen LogP) is 6.88. The van der Waals surface area contributed by atoms with Gasteiger partial charge in [0.05, 0.1) is 0 Å². The van der Waals surface area contributed by atoms with E-state index in [2.05, 4.69) is 45.0 Å². The third kappa shape index (κ3) is 5.16. The van der Waals surface area contributed by atoms with Crippen molar-refractivity contribution in [1.82, 2.24) is 0 Å². The van der Waals surface area contributed by atoms with E-state index < -0.39 is 0 Å². The minimum atomic E-state index is 0.831. The zero-order valence-electron chi connectivity index (χ0n) is 14.4. The number of aryl methyl sites for hydroxylation is 1. The summed E-state index contributed by atoms with van der Waals surface area (Å²) in [6, 6.07) is 9.27. The Labute approximate surface area is 132 Å². The van der Waals surface area contributed by atoms with E-state index in [4.69, 9.17) is 0 Å². The quantitative estimate of drug-likeness (QED) is 0.512. The van der Waals surface area contributed by atoms with Gasteiger partial charge in [0.2, 0.25) is 0 Å². The van der Waals surface area contributed by atoms with E-state index in [0.717, 1.165) is 17.8 Å². The summed E-state index contributed by atoms with van der Waals surface area (Å²) in [7, 11) is 0. The first-order valence-corrected chi connectivity index (χ1v) is 9.29. The Bertz CT molecular complexity index is 375. The molecule has 118 valence electrons. The Hall–Kier alpha value is -0.780. The summed E-state index contributed by atoms with van der Waals surface area (Å²) in [5, 5.41) is 0. The normalized spacial score (nSPS) is 22.7. The molecular weight excluding hydrogens is 252 g/mol. The van der Waals surface area contributed by atoms with Gasteiger partial charge < -0.3 is 0 Å². The van der Waals surface area contributed by atoms with E-state index >= 15 is 0 Å². The average molecular weight is 287 g/mol. The smallest absolute Gasteiger partial charge is 0.0162 e. The molecule has 1 fully saturated rings. The molecular formula is C21H34. The Morgan fingerprint density at radius 3 is 2.00 bits per heavy atom. The highest BCUT2D eigenvalue weighted by molar-refractivity contribution is 5.24. The first-order valence-electron chi connectivity index (χ1n) is 9.29. The molecule has 0 nitrogen and oxygen atoms in total. The van der Waals surface area contributed by atoms with Crippen LogP contribution in [-0.2, 0) is 0 Å². The van der Waals surface area contributed by atoms with Gasteiger partial charge in [-0.2, -0.15) is 0 Å². The van der Waals surface area contributed by atoms with Crippen LogP contribution >= 0.6 is 0 Å². The summed E-state index contributed by atoms with van der Waals surface area (Å²) in [6.45, 7) is 6.87. The number of rotatable bonds is 7. The largest absolute Gasteiger partial charge is 0.0654 e. The molecule has 1 aromatic rings. The van der Waals surface area contributed by atoms with Crippen LogP contribution in [0.15, 0.2) is 24.3 Å². The Kier molecular flexibility index (Phi) is 6.80. The third-order valence-electron chi connectivity index (χ3n) is 5.46. The zero-order chi connectivity index (χ0) is 15.1. The molecule has 0 heteroatoms. The molecule has 0 unspecified atom stereocenters. The maximum Gasteiger partial charge on any atom is -0.0162 e. The molecule has 0 spiro atoms. The summed E-state index contributed by atoms with van der Waals surface area (Å²) in [5.74, 6) is 2.84. The second-order valence-corrected chi connectivity index (χ2v) is 7.31. The van der Waals surface area contributed by atoms with Crippen molar-refractivity contribution >= 4 is 0 Å². The molecule has 21 heavy (non-hydrogen) atoms. The van der Waals surface area contributed by atoms with E-state index in [1.807, 2.05) is 0 Å². The lowest BCUT2D eigenvalue weighted by Gasteiger charge is -2.31. The van der Waals surface area contributed by atoms with Crippen LogP contribution in [0, 0.1) is 18.8 Å². The highest BCUT2D eigenvalue weighted by atomic mass is 14.3. The van der Waals surface area contributed by atoms with E-state index in [9.17, 15) is 0 Å². The van der Waals surface area contributed by atoms with Crippen LogP contribution in [0.4, 0.5) is 0 Å². The molecule has 0 bridgehead atoms. The predicted molar refractivity (Wildman–Crippen MR) is 93.8 cm³/mol. The summed E-state index contributed by atoms with van der Waals surface area (Å²) < 4.78 is 0. The first kappa shape index (κ1) is 16.6. The summed E-state index contributed by atoms with van der Waals surface area (Å²) in [4.78, 5) is 0. The highest BCUT2D eigenvalue weighted by Gasteiger charge is 2.24. The van der Waals surface area contributed by atoms with Crippen LogP contribution in [0.25, 0.3) is 0 Å². The van der Waals surface area contributed by atoms with Gasteiger partial charge in [-0.05, 0) is 62.3 Å². The lowest BCUT2D eigenvalue weighted by atomic mass is 9.74. The fourth-order valence-electron chi connectivity index (χ4n) is 4.24. The fourth-order valence-corrected chi connectivity index (χ4v) is 4.24. The number of benzene rings is 1. The molecule has 0 heterocycles. The Balaban J connectivity index is 1.80. The topological polar surface area (TPSA) is 0 Å².